The average Bonchev–Trinajstić information content (AvgIpc) is 3.10. The fourth-order valence-corrected chi connectivity index (χ4v) is 3.88. The van der Waals surface area contributed by atoms with Crippen LogP contribution in [-0.2, 0) is 11.3 Å². The molecule has 2 aliphatic rings. The molecule has 0 spiro atoms. The zero-order chi connectivity index (χ0) is 17.6. The summed E-state index contributed by atoms with van der Waals surface area (Å²) >= 11 is 12.2. The van der Waals surface area contributed by atoms with Gasteiger partial charge < -0.3 is 15.0 Å². The molecule has 2 aliphatic heterocycles. The first kappa shape index (κ1) is 18.8. The van der Waals surface area contributed by atoms with Gasteiger partial charge in [0.05, 0.1) is 19.8 Å². The summed E-state index contributed by atoms with van der Waals surface area (Å²) in [5.41, 5.74) is 0.991. The Balaban J connectivity index is 1.64. The largest absolute Gasteiger partial charge is 0.379 e. The Morgan fingerprint density at radius 3 is 2.80 bits per heavy atom. The number of rotatable bonds is 4. The fraction of sp³-hybridized carbons (Fsp3) is 0.611. The van der Waals surface area contributed by atoms with Crippen molar-refractivity contribution >= 4 is 29.2 Å². The number of halogens is 2. The van der Waals surface area contributed by atoms with Crippen LogP contribution in [0.15, 0.2) is 23.2 Å². The molecule has 2 fully saturated rings. The van der Waals surface area contributed by atoms with Gasteiger partial charge in [0.15, 0.2) is 5.96 Å². The smallest absolute Gasteiger partial charge is 0.194 e. The number of benzene rings is 1. The SMILES string of the molecule is CCNC(=NCc1ccc(Cl)cc1Cl)N1CCC(N2CCOCC2)C1. The van der Waals surface area contributed by atoms with Gasteiger partial charge in [-0.15, -0.1) is 0 Å². The minimum absolute atomic E-state index is 0.553. The van der Waals surface area contributed by atoms with Crippen LogP contribution in [0.3, 0.4) is 0 Å². The molecule has 0 saturated carbocycles. The van der Waals surface area contributed by atoms with Crippen molar-refractivity contribution in [2.45, 2.75) is 25.9 Å². The predicted octanol–water partition coefficient (Wildman–Crippen LogP) is 2.87. The first-order chi connectivity index (χ1) is 12.2. The summed E-state index contributed by atoms with van der Waals surface area (Å²) < 4.78 is 5.47. The van der Waals surface area contributed by atoms with Gasteiger partial charge in [-0.05, 0) is 31.0 Å². The summed E-state index contributed by atoms with van der Waals surface area (Å²) in [4.78, 5) is 9.70. The summed E-state index contributed by atoms with van der Waals surface area (Å²) in [5.74, 6) is 0.962. The van der Waals surface area contributed by atoms with Crippen LogP contribution in [0.25, 0.3) is 0 Å². The molecule has 1 aromatic rings. The third-order valence-electron chi connectivity index (χ3n) is 4.77. The van der Waals surface area contributed by atoms with E-state index in [1.54, 1.807) is 6.07 Å². The second kappa shape index (κ2) is 9.08. The molecule has 7 heteroatoms. The predicted molar refractivity (Wildman–Crippen MR) is 104 cm³/mol. The maximum atomic E-state index is 6.27. The summed E-state index contributed by atoms with van der Waals surface area (Å²) in [7, 11) is 0. The molecule has 1 unspecified atom stereocenters. The van der Waals surface area contributed by atoms with Gasteiger partial charge in [-0.25, -0.2) is 4.99 Å². The van der Waals surface area contributed by atoms with Crippen molar-refractivity contribution in [2.75, 3.05) is 45.9 Å². The maximum absolute atomic E-state index is 6.27. The second-order valence-corrected chi connectivity index (χ2v) is 7.29. The van der Waals surface area contributed by atoms with Gasteiger partial charge in [0.1, 0.15) is 0 Å². The van der Waals surface area contributed by atoms with Gasteiger partial charge in [0.25, 0.3) is 0 Å². The van der Waals surface area contributed by atoms with Gasteiger partial charge in [-0.2, -0.15) is 0 Å². The van der Waals surface area contributed by atoms with Crippen molar-refractivity contribution in [1.29, 1.82) is 0 Å². The molecule has 138 valence electrons. The van der Waals surface area contributed by atoms with E-state index >= 15 is 0 Å². The second-order valence-electron chi connectivity index (χ2n) is 6.44. The lowest BCUT2D eigenvalue weighted by molar-refractivity contribution is 0.0195. The lowest BCUT2D eigenvalue weighted by Gasteiger charge is -2.32. The van der Waals surface area contributed by atoms with Crippen molar-refractivity contribution in [3.05, 3.63) is 33.8 Å². The molecule has 5 nitrogen and oxygen atoms in total. The van der Waals surface area contributed by atoms with E-state index in [2.05, 4.69) is 22.0 Å². The van der Waals surface area contributed by atoms with Crippen LogP contribution in [0.4, 0.5) is 0 Å². The van der Waals surface area contributed by atoms with E-state index in [1.165, 1.54) is 6.42 Å². The highest BCUT2D eigenvalue weighted by Gasteiger charge is 2.30. The van der Waals surface area contributed by atoms with E-state index < -0.39 is 0 Å². The molecule has 0 aliphatic carbocycles. The molecule has 1 N–H and O–H groups in total. The molecule has 0 radical (unpaired) electrons. The Kier molecular flexibility index (Phi) is 6.82. The van der Waals surface area contributed by atoms with Crippen LogP contribution in [0.2, 0.25) is 10.0 Å². The Bertz CT molecular complexity index is 605. The fourth-order valence-electron chi connectivity index (χ4n) is 3.41. The molecule has 3 rings (SSSR count). The van der Waals surface area contributed by atoms with Crippen LogP contribution in [0.1, 0.15) is 18.9 Å². The number of guanidine groups is 1. The highest BCUT2D eigenvalue weighted by Crippen LogP contribution is 2.22. The first-order valence-corrected chi connectivity index (χ1v) is 9.72. The number of aliphatic imine (C=N–C) groups is 1. The maximum Gasteiger partial charge on any atom is 0.194 e. The number of hydrogen-bond donors (Lipinski definition) is 1. The van der Waals surface area contributed by atoms with E-state index in [4.69, 9.17) is 32.9 Å². The molecule has 25 heavy (non-hydrogen) atoms. The molecule has 1 aromatic carbocycles. The highest BCUT2D eigenvalue weighted by molar-refractivity contribution is 6.35. The molecule has 0 aromatic heterocycles. The zero-order valence-electron chi connectivity index (χ0n) is 14.7. The van der Waals surface area contributed by atoms with E-state index in [0.717, 1.165) is 57.5 Å². The molecule has 2 heterocycles. The molecule has 0 bridgehead atoms. The third kappa shape index (κ3) is 5.00. The Hall–Kier alpha value is -1.01. The number of nitrogens with zero attached hydrogens (tertiary/aromatic N) is 3. The van der Waals surface area contributed by atoms with E-state index in [-0.39, 0.29) is 0 Å². The van der Waals surface area contributed by atoms with Crippen molar-refractivity contribution in [2.24, 2.45) is 4.99 Å². The number of hydrogen-bond acceptors (Lipinski definition) is 3. The standard InChI is InChI=1S/C18H26Cl2N4O/c1-2-21-18(22-12-14-3-4-15(19)11-17(14)20)24-6-5-16(13-24)23-7-9-25-10-8-23/h3-4,11,16H,2,5-10,12-13H2,1H3,(H,21,22). The minimum atomic E-state index is 0.553. The molecule has 0 amide bonds. The van der Waals surface area contributed by atoms with Crippen molar-refractivity contribution in [3.8, 4) is 0 Å². The van der Waals surface area contributed by atoms with Gasteiger partial charge in [0, 0.05) is 48.8 Å². The molecule has 1 atom stereocenters. The number of likely N-dealkylation sites (tertiary alicyclic amines) is 1. The lowest BCUT2D eigenvalue weighted by Crippen LogP contribution is -2.46. The van der Waals surface area contributed by atoms with E-state index in [1.807, 2.05) is 12.1 Å². The number of nitrogens with one attached hydrogen (secondary N) is 1. The number of morpholine rings is 1. The third-order valence-corrected chi connectivity index (χ3v) is 5.36. The van der Waals surface area contributed by atoms with Crippen LogP contribution in [0.5, 0.6) is 0 Å². The summed E-state index contributed by atoms with van der Waals surface area (Å²) in [6, 6.07) is 6.16. The number of ether oxygens (including phenoxy) is 1. The minimum Gasteiger partial charge on any atom is -0.379 e. The molecule has 2 saturated heterocycles. The zero-order valence-corrected chi connectivity index (χ0v) is 16.2. The molecular weight excluding hydrogens is 359 g/mol. The van der Waals surface area contributed by atoms with Crippen molar-refractivity contribution in [1.82, 2.24) is 15.1 Å². The Morgan fingerprint density at radius 1 is 1.28 bits per heavy atom. The van der Waals surface area contributed by atoms with E-state index in [9.17, 15) is 0 Å². The van der Waals surface area contributed by atoms with Crippen LogP contribution < -0.4 is 5.32 Å². The van der Waals surface area contributed by atoms with Crippen molar-refractivity contribution in [3.63, 3.8) is 0 Å². The highest BCUT2D eigenvalue weighted by atomic mass is 35.5. The normalized spacial score (nSPS) is 22.4. The van der Waals surface area contributed by atoms with E-state index in [0.29, 0.717) is 22.6 Å². The quantitative estimate of drug-likeness (QED) is 0.639. The first-order valence-electron chi connectivity index (χ1n) is 8.96. The van der Waals surface area contributed by atoms with Gasteiger partial charge in [-0.3, -0.25) is 4.90 Å². The van der Waals surface area contributed by atoms with Crippen molar-refractivity contribution < 1.29 is 4.74 Å². The average molecular weight is 385 g/mol. The Labute approximate surface area is 159 Å². The van der Waals surface area contributed by atoms with Crippen LogP contribution in [-0.4, -0.2) is 67.7 Å². The van der Waals surface area contributed by atoms with Gasteiger partial charge in [0.2, 0.25) is 0 Å². The van der Waals surface area contributed by atoms with Gasteiger partial charge >= 0.3 is 0 Å². The van der Waals surface area contributed by atoms with Gasteiger partial charge in [-0.1, -0.05) is 29.3 Å². The topological polar surface area (TPSA) is 40.1 Å². The van der Waals surface area contributed by atoms with Crippen LogP contribution >= 0.6 is 23.2 Å². The Morgan fingerprint density at radius 2 is 2.08 bits per heavy atom. The summed E-state index contributed by atoms with van der Waals surface area (Å²) in [6.07, 6.45) is 1.17. The summed E-state index contributed by atoms with van der Waals surface area (Å²) in [6.45, 7) is 9.31. The lowest BCUT2D eigenvalue weighted by atomic mass is 10.2. The monoisotopic (exact) mass is 384 g/mol. The summed E-state index contributed by atoms with van der Waals surface area (Å²) in [5, 5.41) is 4.73. The van der Waals surface area contributed by atoms with Crippen LogP contribution in [0, 0.1) is 0 Å². The molecular formula is C18H26Cl2N4O.